The molecule has 0 spiro atoms. The van der Waals surface area contributed by atoms with Crippen molar-refractivity contribution in [3.63, 3.8) is 0 Å². The molecule has 0 aliphatic carbocycles. The number of aromatic nitrogens is 2. The topological polar surface area (TPSA) is 68.2 Å². The number of hydrogen-bond donors (Lipinski definition) is 2. The van der Waals surface area contributed by atoms with Gasteiger partial charge in [-0.15, -0.1) is 0 Å². The number of ether oxygens (including phenoxy) is 1. The number of nitrogens with zero attached hydrogens (tertiary/aromatic N) is 2. The molecule has 7 heteroatoms. The number of methoxy groups -OCH3 is 1. The van der Waals surface area contributed by atoms with Gasteiger partial charge in [-0.1, -0.05) is 23.7 Å². The molecule has 1 atom stereocenters. The molecule has 0 saturated heterocycles. The van der Waals surface area contributed by atoms with Gasteiger partial charge in [-0.2, -0.15) is 5.10 Å². The van der Waals surface area contributed by atoms with Gasteiger partial charge in [0.1, 0.15) is 0 Å². The van der Waals surface area contributed by atoms with Crippen LogP contribution in [0.5, 0.6) is 0 Å². The fourth-order valence-electron chi connectivity index (χ4n) is 2.24. The molecule has 0 unspecified atom stereocenters. The fourth-order valence-corrected chi connectivity index (χ4v) is 2.37. The number of rotatable bonds is 7. The molecule has 0 radical (unpaired) electrons. The first-order valence-electron chi connectivity index (χ1n) is 7.36. The maximum Gasteiger partial charge on any atom is 0.315 e. The van der Waals surface area contributed by atoms with Crippen LogP contribution < -0.4 is 10.6 Å². The molecule has 2 rings (SSSR count). The summed E-state index contributed by atoms with van der Waals surface area (Å²) in [6.07, 6.45) is 2.46. The highest BCUT2D eigenvalue weighted by Gasteiger charge is 2.14. The predicted molar refractivity (Wildman–Crippen MR) is 89.5 cm³/mol. The van der Waals surface area contributed by atoms with E-state index in [0.29, 0.717) is 18.2 Å². The van der Waals surface area contributed by atoms with Crippen LogP contribution in [-0.4, -0.2) is 36.1 Å². The van der Waals surface area contributed by atoms with Crippen molar-refractivity contribution in [1.82, 2.24) is 20.4 Å². The summed E-state index contributed by atoms with van der Waals surface area (Å²) in [5.41, 5.74) is 2.01. The molecule has 1 aromatic carbocycles. The van der Waals surface area contributed by atoms with Crippen molar-refractivity contribution in [2.75, 3.05) is 20.3 Å². The van der Waals surface area contributed by atoms with E-state index >= 15 is 0 Å². The molecule has 0 fully saturated rings. The summed E-state index contributed by atoms with van der Waals surface area (Å²) in [6.45, 7) is 0.919. The SMILES string of the molecule is COC[C@@H](NC(=O)NCCc1ccnn1C)c1ccc(Cl)cc1. The standard InChI is InChI=1S/C16H21ClN4O2/c1-21-14(8-10-19-21)7-9-18-16(22)20-15(11-23-2)12-3-5-13(17)6-4-12/h3-6,8,10,15H,7,9,11H2,1-2H3,(H2,18,20,22)/t15-/m1/s1. The average molecular weight is 337 g/mol. The van der Waals surface area contributed by atoms with E-state index in [-0.39, 0.29) is 12.1 Å². The van der Waals surface area contributed by atoms with E-state index in [1.165, 1.54) is 0 Å². The van der Waals surface area contributed by atoms with Crippen LogP contribution in [0.3, 0.4) is 0 Å². The number of benzene rings is 1. The van der Waals surface area contributed by atoms with Crippen LogP contribution in [0.25, 0.3) is 0 Å². The Morgan fingerprint density at radius 1 is 1.35 bits per heavy atom. The lowest BCUT2D eigenvalue weighted by molar-refractivity contribution is 0.166. The number of carbonyl (C=O) groups excluding carboxylic acids is 1. The molecule has 1 heterocycles. The van der Waals surface area contributed by atoms with Crippen LogP contribution in [0.4, 0.5) is 4.79 Å². The fraction of sp³-hybridized carbons (Fsp3) is 0.375. The maximum atomic E-state index is 12.1. The van der Waals surface area contributed by atoms with E-state index in [9.17, 15) is 4.79 Å². The average Bonchev–Trinajstić information content (AvgIpc) is 2.93. The zero-order valence-electron chi connectivity index (χ0n) is 13.3. The summed E-state index contributed by atoms with van der Waals surface area (Å²) in [7, 11) is 3.48. The van der Waals surface area contributed by atoms with E-state index in [0.717, 1.165) is 17.7 Å². The number of carbonyl (C=O) groups is 1. The first kappa shape index (κ1) is 17.3. The first-order valence-corrected chi connectivity index (χ1v) is 7.73. The highest BCUT2D eigenvalue weighted by atomic mass is 35.5. The van der Waals surface area contributed by atoms with Crippen LogP contribution in [0.15, 0.2) is 36.5 Å². The summed E-state index contributed by atoms with van der Waals surface area (Å²) in [5.74, 6) is 0. The second kappa shape index (κ2) is 8.55. The minimum absolute atomic E-state index is 0.228. The van der Waals surface area contributed by atoms with Crippen molar-refractivity contribution in [2.24, 2.45) is 7.05 Å². The third kappa shape index (κ3) is 5.26. The van der Waals surface area contributed by atoms with Crippen molar-refractivity contribution >= 4 is 17.6 Å². The molecule has 2 aromatic rings. The summed E-state index contributed by atoms with van der Waals surface area (Å²) in [4.78, 5) is 12.1. The van der Waals surface area contributed by atoms with Gasteiger partial charge in [-0.3, -0.25) is 4.68 Å². The molecule has 2 amide bonds. The Morgan fingerprint density at radius 3 is 2.70 bits per heavy atom. The Balaban J connectivity index is 1.85. The molecular weight excluding hydrogens is 316 g/mol. The number of amides is 2. The Kier molecular flexibility index (Phi) is 6.43. The molecule has 124 valence electrons. The van der Waals surface area contributed by atoms with Gasteiger partial charge in [0.2, 0.25) is 0 Å². The van der Waals surface area contributed by atoms with Crippen molar-refractivity contribution in [3.05, 3.63) is 52.8 Å². The number of aryl methyl sites for hydroxylation is 1. The van der Waals surface area contributed by atoms with Gasteiger partial charge in [0.15, 0.2) is 0 Å². The van der Waals surface area contributed by atoms with Gasteiger partial charge in [0.25, 0.3) is 0 Å². The third-order valence-corrected chi connectivity index (χ3v) is 3.75. The normalized spacial score (nSPS) is 12.0. The van der Waals surface area contributed by atoms with Gasteiger partial charge in [-0.05, 0) is 23.8 Å². The number of hydrogen-bond acceptors (Lipinski definition) is 3. The highest BCUT2D eigenvalue weighted by molar-refractivity contribution is 6.30. The van der Waals surface area contributed by atoms with E-state index in [1.807, 2.05) is 25.2 Å². The van der Waals surface area contributed by atoms with Crippen molar-refractivity contribution < 1.29 is 9.53 Å². The minimum atomic E-state index is -0.232. The molecule has 1 aromatic heterocycles. The predicted octanol–water partition coefficient (Wildman–Crippen LogP) is 2.30. The lowest BCUT2D eigenvalue weighted by atomic mass is 10.1. The quantitative estimate of drug-likeness (QED) is 0.815. The molecular formula is C16H21ClN4O2. The van der Waals surface area contributed by atoms with Gasteiger partial charge in [0.05, 0.1) is 12.6 Å². The lowest BCUT2D eigenvalue weighted by Crippen LogP contribution is -2.40. The second-order valence-corrected chi connectivity index (χ2v) is 5.59. The van der Waals surface area contributed by atoms with Crippen molar-refractivity contribution in [3.8, 4) is 0 Å². The molecule has 0 saturated carbocycles. The van der Waals surface area contributed by atoms with Gasteiger partial charge < -0.3 is 15.4 Å². The highest BCUT2D eigenvalue weighted by Crippen LogP contribution is 2.16. The zero-order chi connectivity index (χ0) is 16.7. The van der Waals surface area contributed by atoms with Crippen LogP contribution in [-0.2, 0) is 18.2 Å². The second-order valence-electron chi connectivity index (χ2n) is 5.16. The van der Waals surface area contributed by atoms with Crippen molar-refractivity contribution in [1.29, 1.82) is 0 Å². The van der Waals surface area contributed by atoms with E-state index in [2.05, 4.69) is 15.7 Å². The van der Waals surface area contributed by atoms with E-state index < -0.39 is 0 Å². The third-order valence-electron chi connectivity index (χ3n) is 3.50. The van der Waals surface area contributed by atoms with E-state index in [4.69, 9.17) is 16.3 Å². The van der Waals surface area contributed by atoms with Gasteiger partial charge in [0, 0.05) is 44.0 Å². The number of nitrogens with one attached hydrogen (secondary N) is 2. The largest absolute Gasteiger partial charge is 0.382 e. The molecule has 6 nitrogen and oxygen atoms in total. The van der Waals surface area contributed by atoms with Crippen LogP contribution in [0.1, 0.15) is 17.3 Å². The first-order chi connectivity index (χ1) is 11.1. The number of halogens is 1. The summed E-state index contributed by atoms with van der Waals surface area (Å²) in [5, 5.41) is 10.5. The monoisotopic (exact) mass is 336 g/mol. The summed E-state index contributed by atoms with van der Waals surface area (Å²) < 4.78 is 6.97. The lowest BCUT2D eigenvalue weighted by Gasteiger charge is -2.19. The molecule has 0 bridgehead atoms. The van der Waals surface area contributed by atoms with Gasteiger partial charge in [-0.25, -0.2) is 4.79 Å². The van der Waals surface area contributed by atoms with Crippen molar-refractivity contribution in [2.45, 2.75) is 12.5 Å². The molecule has 2 N–H and O–H groups in total. The minimum Gasteiger partial charge on any atom is -0.382 e. The zero-order valence-corrected chi connectivity index (χ0v) is 14.0. The van der Waals surface area contributed by atoms with Crippen LogP contribution in [0.2, 0.25) is 5.02 Å². The smallest absolute Gasteiger partial charge is 0.315 e. The summed E-state index contributed by atoms with van der Waals surface area (Å²) in [6, 6.07) is 8.81. The Morgan fingerprint density at radius 2 is 2.09 bits per heavy atom. The number of urea groups is 1. The van der Waals surface area contributed by atoms with Crippen LogP contribution in [0, 0.1) is 0 Å². The van der Waals surface area contributed by atoms with Gasteiger partial charge >= 0.3 is 6.03 Å². The Bertz CT molecular complexity index is 627. The Hall–Kier alpha value is -2.05. The molecule has 0 aliphatic heterocycles. The van der Waals surface area contributed by atoms with Crippen LogP contribution >= 0.6 is 11.6 Å². The van der Waals surface area contributed by atoms with E-state index in [1.54, 1.807) is 30.1 Å². The summed E-state index contributed by atoms with van der Waals surface area (Å²) >= 11 is 5.89. The molecule has 23 heavy (non-hydrogen) atoms. The molecule has 0 aliphatic rings. The maximum absolute atomic E-state index is 12.1. The Labute approximate surface area is 140 Å².